The third-order valence-corrected chi connectivity index (χ3v) is 5.62. The summed E-state index contributed by atoms with van der Waals surface area (Å²) in [6.45, 7) is 4.55. The SMILES string of the molecule is COc1ccc(C2CCCN2CC(=O)N2CCCCC2C)c(OC)c1. The van der Waals surface area contributed by atoms with Crippen LogP contribution in [0.5, 0.6) is 11.5 Å². The van der Waals surface area contributed by atoms with Crippen molar-refractivity contribution in [1.29, 1.82) is 0 Å². The van der Waals surface area contributed by atoms with E-state index < -0.39 is 0 Å². The topological polar surface area (TPSA) is 42.0 Å². The Kier molecular flexibility index (Phi) is 5.84. The monoisotopic (exact) mass is 346 g/mol. The van der Waals surface area contributed by atoms with E-state index in [0.717, 1.165) is 55.8 Å². The van der Waals surface area contributed by atoms with Gasteiger partial charge in [0.1, 0.15) is 11.5 Å². The molecular weight excluding hydrogens is 316 g/mol. The average Bonchev–Trinajstić information content (AvgIpc) is 3.09. The second-order valence-electron chi connectivity index (χ2n) is 7.17. The number of carbonyl (C=O) groups is 1. The lowest BCUT2D eigenvalue weighted by Gasteiger charge is -2.35. The summed E-state index contributed by atoms with van der Waals surface area (Å²) >= 11 is 0. The molecule has 2 aliphatic rings. The van der Waals surface area contributed by atoms with Crippen molar-refractivity contribution in [3.63, 3.8) is 0 Å². The maximum Gasteiger partial charge on any atom is 0.237 e. The molecule has 0 bridgehead atoms. The molecule has 0 aromatic heterocycles. The standard InChI is InChI=1S/C20H30N2O3/c1-15-7-4-5-12-22(15)20(23)14-21-11-6-8-18(21)17-10-9-16(24-2)13-19(17)25-3/h9-10,13,15,18H,4-8,11-12,14H2,1-3H3. The minimum Gasteiger partial charge on any atom is -0.497 e. The van der Waals surface area contributed by atoms with Crippen LogP contribution in [-0.2, 0) is 4.79 Å². The van der Waals surface area contributed by atoms with Gasteiger partial charge in [0.05, 0.1) is 20.8 Å². The Balaban J connectivity index is 1.73. The molecular formula is C20H30N2O3. The normalized spacial score (nSPS) is 24.4. The highest BCUT2D eigenvalue weighted by atomic mass is 16.5. The van der Waals surface area contributed by atoms with Crippen molar-refractivity contribution in [3.8, 4) is 11.5 Å². The van der Waals surface area contributed by atoms with Crippen LogP contribution in [0, 0.1) is 0 Å². The van der Waals surface area contributed by atoms with Crippen LogP contribution in [0.4, 0.5) is 0 Å². The van der Waals surface area contributed by atoms with Gasteiger partial charge in [-0.05, 0) is 51.6 Å². The number of piperidine rings is 1. The molecule has 2 fully saturated rings. The molecule has 0 aliphatic carbocycles. The molecule has 0 saturated carbocycles. The minimum absolute atomic E-state index is 0.241. The molecule has 1 amide bonds. The first-order valence-electron chi connectivity index (χ1n) is 9.39. The number of hydrogen-bond acceptors (Lipinski definition) is 4. The minimum atomic E-state index is 0.241. The molecule has 5 nitrogen and oxygen atoms in total. The molecule has 2 aliphatic heterocycles. The largest absolute Gasteiger partial charge is 0.497 e. The van der Waals surface area contributed by atoms with E-state index in [1.54, 1.807) is 14.2 Å². The number of hydrogen-bond donors (Lipinski definition) is 0. The average molecular weight is 346 g/mol. The van der Waals surface area contributed by atoms with Crippen molar-refractivity contribution in [2.75, 3.05) is 33.9 Å². The van der Waals surface area contributed by atoms with Gasteiger partial charge in [-0.15, -0.1) is 0 Å². The molecule has 0 N–H and O–H groups in total. The third-order valence-electron chi connectivity index (χ3n) is 5.62. The highest BCUT2D eigenvalue weighted by Crippen LogP contribution is 2.38. The Hall–Kier alpha value is -1.75. The second-order valence-corrected chi connectivity index (χ2v) is 7.17. The summed E-state index contributed by atoms with van der Waals surface area (Å²) in [7, 11) is 3.35. The quantitative estimate of drug-likeness (QED) is 0.821. The highest BCUT2D eigenvalue weighted by molar-refractivity contribution is 5.78. The first-order valence-corrected chi connectivity index (χ1v) is 9.39. The van der Waals surface area contributed by atoms with Crippen molar-refractivity contribution in [1.82, 2.24) is 9.80 Å². The van der Waals surface area contributed by atoms with Crippen molar-refractivity contribution in [2.45, 2.75) is 51.1 Å². The van der Waals surface area contributed by atoms with Gasteiger partial charge < -0.3 is 14.4 Å². The van der Waals surface area contributed by atoms with Crippen LogP contribution in [0.2, 0.25) is 0 Å². The second kappa shape index (κ2) is 8.09. The van der Waals surface area contributed by atoms with Crippen LogP contribution in [-0.4, -0.2) is 55.6 Å². The first-order chi connectivity index (χ1) is 12.1. The lowest BCUT2D eigenvalue weighted by Crippen LogP contribution is -2.46. The van der Waals surface area contributed by atoms with Gasteiger partial charge in [-0.1, -0.05) is 6.07 Å². The first kappa shape index (κ1) is 18.1. The molecule has 2 unspecified atom stereocenters. The summed E-state index contributed by atoms with van der Waals surface area (Å²) < 4.78 is 10.9. The smallest absolute Gasteiger partial charge is 0.237 e. The Morgan fingerprint density at radius 1 is 1.12 bits per heavy atom. The lowest BCUT2D eigenvalue weighted by molar-refractivity contribution is -0.135. The molecule has 5 heteroatoms. The Bertz CT molecular complexity index is 605. The Morgan fingerprint density at radius 3 is 2.68 bits per heavy atom. The predicted molar refractivity (Wildman–Crippen MR) is 98.1 cm³/mol. The fourth-order valence-electron chi connectivity index (χ4n) is 4.19. The van der Waals surface area contributed by atoms with Crippen molar-refractivity contribution < 1.29 is 14.3 Å². The molecule has 0 radical (unpaired) electrons. The van der Waals surface area contributed by atoms with E-state index in [1.165, 1.54) is 6.42 Å². The summed E-state index contributed by atoms with van der Waals surface area (Å²) in [5.74, 6) is 1.91. The van der Waals surface area contributed by atoms with E-state index in [2.05, 4.69) is 22.8 Å². The number of amides is 1. The third kappa shape index (κ3) is 3.92. The number of carbonyl (C=O) groups excluding carboxylic acids is 1. The molecule has 2 atom stereocenters. The van der Waals surface area contributed by atoms with Gasteiger partial charge in [-0.2, -0.15) is 0 Å². The molecule has 1 aromatic rings. The van der Waals surface area contributed by atoms with Crippen LogP contribution in [0.25, 0.3) is 0 Å². The Labute approximate surface area is 150 Å². The zero-order valence-electron chi connectivity index (χ0n) is 15.7. The van der Waals surface area contributed by atoms with Crippen LogP contribution >= 0.6 is 0 Å². The van der Waals surface area contributed by atoms with Crippen LogP contribution in [0.3, 0.4) is 0 Å². The van der Waals surface area contributed by atoms with E-state index in [-0.39, 0.29) is 11.9 Å². The van der Waals surface area contributed by atoms with E-state index in [0.29, 0.717) is 12.6 Å². The van der Waals surface area contributed by atoms with Gasteiger partial charge in [0, 0.05) is 30.3 Å². The van der Waals surface area contributed by atoms with Crippen LogP contribution < -0.4 is 9.47 Å². The van der Waals surface area contributed by atoms with Gasteiger partial charge in [-0.25, -0.2) is 0 Å². The van der Waals surface area contributed by atoms with Crippen molar-refractivity contribution in [2.24, 2.45) is 0 Å². The molecule has 0 spiro atoms. The molecule has 138 valence electrons. The summed E-state index contributed by atoms with van der Waals surface area (Å²) in [6.07, 6.45) is 5.67. The van der Waals surface area contributed by atoms with E-state index >= 15 is 0 Å². The number of benzene rings is 1. The molecule has 2 saturated heterocycles. The van der Waals surface area contributed by atoms with Gasteiger partial charge in [0.2, 0.25) is 5.91 Å². The van der Waals surface area contributed by atoms with E-state index in [4.69, 9.17) is 9.47 Å². The zero-order chi connectivity index (χ0) is 17.8. The number of ether oxygens (including phenoxy) is 2. The van der Waals surface area contributed by atoms with Gasteiger partial charge in [0.25, 0.3) is 0 Å². The van der Waals surface area contributed by atoms with Gasteiger partial charge in [-0.3, -0.25) is 9.69 Å². The fourth-order valence-corrected chi connectivity index (χ4v) is 4.19. The molecule has 2 heterocycles. The van der Waals surface area contributed by atoms with E-state index in [1.807, 2.05) is 12.1 Å². The maximum absolute atomic E-state index is 12.8. The summed E-state index contributed by atoms with van der Waals surface area (Å²) in [5, 5.41) is 0. The van der Waals surface area contributed by atoms with Crippen LogP contribution in [0.1, 0.15) is 50.6 Å². The molecule has 1 aromatic carbocycles. The fraction of sp³-hybridized carbons (Fsp3) is 0.650. The number of nitrogens with zero attached hydrogens (tertiary/aromatic N) is 2. The summed E-state index contributed by atoms with van der Waals surface area (Å²) in [4.78, 5) is 17.2. The van der Waals surface area contributed by atoms with Crippen molar-refractivity contribution >= 4 is 5.91 Å². The molecule has 25 heavy (non-hydrogen) atoms. The van der Waals surface area contributed by atoms with Gasteiger partial charge >= 0.3 is 0 Å². The molecule has 3 rings (SSSR count). The summed E-state index contributed by atoms with van der Waals surface area (Å²) in [5.41, 5.74) is 1.15. The highest BCUT2D eigenvalue weighted by Gasteiger charge is 2.32. The number of likely N-dealkylation sites (tertiary alicyclic amines) is 2. The van der Waals surface area contributed by atoms with E-state index in [9.17, 15) is 4.79 Å². The number of rotatable bonds is 5. The van der Waals surface area contributed by atoms with Crippen LogP contribution in [0.15, 0.2) is 18.2 Å². The van der Waals surface area contributed by atoms with Gasteiger partial charge in [0.15, 0.2) is 0 Å². The predicted octanol–water partition coefficient (Wildman–Crippen LogP) is 3.24. The number of methoxy groups -OCH3 is 2. The maximum atomic E-state index is 12.8. The zero-order valence-corrected chi connectivity index (χ0v) is 15.7. The van der Waals surface area contributed by atoms with Crippen molar-refractivity contribution in [3.05, 3.63) is 23.8 Å². The lowest BCUT2D eigenvalue weighted by atomic mass is 10.0. The Morgan fingerprint density at radius 2 is 1.96 bits per heavy atom. The summed E-state index contributed by atoms with van der Waals surface area (Å²) in [6, 6.07) is 6.60.